The molecular formula is C26H23Cl2N3O3. The highest BCUT2D eigenvalue weighted by molar-refractivity contribution is 6.30. The first kappa shape index (κ1) is 22.7. The van der Waals surface area contributed by atoms with Crippen LogP contribution in [0.5, 0.6) is 5.75 Å². The van der Waals surface area contributed by atoms with Crippen LogP contribution < -0.4 is 9.64 Å². The molecule has 1 aliphatic heterocycles. The van der Waals surface area contributed by atoms with Gasteiger partial charge >= 0.3 is 0 Å². The van der Waals surface area contributed by atoms with Crippen molar-refractivity contribution < 1.29 is 14.6 Å². The summed E-state index contributed by atoms with van der Waals surface area (Å²) in [6, 6.07) is 22.1. The fourth-order valence-electron chi connectivity index (χ4n) is 4.34. The summed E-state index contributed by atoms with van der Waals surface area (Å²) in [6.07, 6.45) is -0.417. The van der Waals surface area contributed by atoms with Gasteiger partial charge in [0.05, 0.1) is 17.6 Å². The smallest absolute Gasteiger partial charge is 0.227 e. The second-order valence-electron chi connectivity index (χ2n) is 8.37. The van der Waals surface area contributed by atoms with Gasteiger partial charge in [0.1, 0.15) is 24.3 Å². The topological polar surface area (TPSA) is 67.6 Å². The zero-order chi connectivity index (χ0) is 23.7. The highest BCUT2D eigenvalue weighted by atomic mass is 35.5. The number of hydrogen-bond acceptors (Lipinski definition) is 4. The molecule has 1 fully saturated rings. The second kappa shape index (κ2) is 9.66. The lowest BCUT2D eigenvalue weighted by molar-refractivity contribution is -0.117. The fourth-order valence-corrected chi connectivity index (χ4v) is 4.59. The van der Waals surface area contributed by atoms with Gasteiger partial charge in [-0.05, 0) is 60.7 Å². The van der Waals surface area contributed by atoms with Crippen LogP contribution in [0, 0.1) is 0 Å². The summed E-state index contributed by atoms with van der Waals surface area (Å²) in [5.74, 6) is 1.37. The summed E-state index contributed by atoms with van der Waals surface area (Å²) in [7, 11) is 0. The van der Waals surface area contributed by atoms with Crippen molar-refractivity contribution in [1.29, 1.82) is 0 Å². The second-order valence-corrected chi connectivity index (χ2v) is 9.24. The summed E-state index contributed by atoms with van der Waals surface area (Å²) < 4.78 is 7.74. The van der Waals surface area contributed by atoms with Crippen molar-refractivity contribution in [3.63, 3.8) is 0 Å². The zero-order valence-corrected chi connectivity index (χ0v) is 19.8. The third-order valence-corrected chi connectivity index (χ3v) is 6.47. The number of hydrogen-bond donors (Lipinski definition) is 1. The molecule has 4 aromatic rings. The Morgan fingerprint density at radius 1 is 1.00 bits per heavy atom. The van der Waals surface area contributed by atoms with E-state index in [1.165, 1.54) is 0 Å². The molecule has 1 aliphatic rings. The number of benzene rings is 3. The summed E-state index contributed by atoms with van der Waals surface area (Å²) in [6.45, 7) is 0.935. The number of fused-ring (bicyclic) bond motifs is 1. The Balaban J connectivity index is 1.37. The Kier molecular flexibility index (Phi) is 6.46. The van der Waals surface area contributed by atoms with E-state index in [1.54, 1.807) is 41.3 Å². The van der Waals surface area contributed by atoms with Gasteiger partial charge in [0.25, 0.3) is 0 Å². The number of halogens is 2. The molecular weight excluding hydrogens is 473 g/mol. The van der Waals surface area contributed by atoms with E-state index in [0.29, 0.717) is 35.3 Å². The van der Waals surface area contributed by atoms with Crippen LogP contribution in [-0.2, 0) is 11.3 Å². The number of para-hydroxylation sites is 2. The van der Waals surface area contributed by atoms with Gasteiger partial charge in [-0.3, -0.25) is 4.79 Å². The molecule has 0 bridgehead atoms. The molecule has 1 aromatic heterocycles. The molecule has 6 nitrogen and oxygen atoms in total. The van der Waals surface area contributed by atoms with E-state index in [4.69, 9.17) is 32.9 Å². The fraction of sp³-hybridized carbons (Fsp3) is 0.231. The van der Waals surface area contributed by atoms with Gasteiger partial charge in [0.15, 0.2) is 0 Å². The molecule has 0 unspecified atom stereocenters. The summed E-state index contributed by atoms with van der Waals surface area (Å²) in [5, 5.41) is 12.0. The molecule has 5 rings (SSSR count). The van der Waals surface area contributed by atoms with Crippen LogP contribution in [-0.4, -0.2) is 39.8 Å². The number of carbonyl (C=O) groups excluding carboxylic acids is 1. The molecule has 0 radical (unpaired) electrons. The van der Waals surface area contributed by atoms with Crippen LogP contribution in [0.15, 0.2) is 72.8 Å². The monoisotopic (exact) mass is 495 g/mol. The number of amides is 1. The van der Waals surface area contributed by atoms with Crippen molar-refractivity contribution in [2.75, 3.05) is 18.1 Å². The lowest BCUT2D eigenvalue weighted by atomic mass is 10.1. The zero-order valence-electron chi connectivity index (χ0n) is 18.3. The number of aromatic nitrogens is 2. The van der Waals surface area contributed by atoms with Gasteiger partial charge in [-0.25, -0.2) is 4.98 Å². The normalized spacial score (nSPS) is 16.9. The number of ether oxygens (including phenoxy) is 1. The molecule has 1 amide bonds. The van der Waals surface area contributed by atoms with Crippen molar-refractivity contribution in [2.45, 2.75) is 25.0 Å². The Hall–Kier alpha value is -3.06. The van der Waals surface area contributed by atoms with E-state index in [-0.39, 0.29) is 18.4 Å². The van der Waals surface area contributed by atoms with Crippen molar-refractivity contribution in [3.8, 4) is 5.75 Å². The van der Waals surface area contributed by atoms with Crippen molar-refractivity contribution in [3.05, 3.63) is 88.7 Å². The minimum atomic E-state index is -0.767. The molecule has 0 spiro atoms. The molecule has 1 saturated heterocycles. The number of nitrogens with zero attached hydrogens (tertiary/aromatic N) is 3. The average Bonchev–Trinajstić information content (AvgIpc) is 3.40. The van der Waals surface area contributed by atoms with Crippen LogP contribution >= 0.6 is 23.2 Å². The maximum absolute atomic E-state index is 12.9. The molecule has 2 heterocycles. The number of aliphatic hydroxyl groups excluding tert-OH is 1. The van der Waals surface area contributed by atoms with E-state index in [0.717, 1.165) is 22.5 Å². The molecule has 1 N–H and O–H groups in total. The summed E-state index contributed by atoms with van der Waals surface area (Å²) >= 11 is 11.9. The van der Waals surface area contributed by atoms with Gasteiger partial charge < -0.3 is 19.3 Å². The third-order valence-electron chi connectivity index (χ3n) is 5.96. The van der Waals surface area contributed by atoms with Gasteiger partial charge in [-0.1, -0.05) is 35.3 Å². The lowest BCUT2D eigenvalue weighted by Crippen LogP contribution is -2.26. The number of anilines is 1. The molecule has 2 atom stereocenters. The van der Waals surface area contributed by atoms with Crippen LogP contribution in [0.4, 0.5) is 5.69 Å². The summed E-state index contributed by atoms with van der Waals surface area (Å²) in [5.41, 5.74) is 2.57. The van der Waals surface area contributed by atoms with Gasteiger partial charge in [0, 0.05) is 34.6 Å². The lowest BCUT2D eigenvalue weighted by Gasteiger charge is -2.19. The third kappa shape index (κ3) is 4.75. The Morgan fingerprint density at radius 2 is 1.68 bits per heavy atom. The van der Waals surface area contributed by atoms with Crippen LogP contribution in [0.25, 0.3) is 11.0 Å². The molecule has 174 valence electrons. The van der Waals surface area contributed by atoms with Crippen LogP contribution in [0.3, 0.4) is 0 Å². The maximum Gasteiger partial charge on any atom is 0.227 e. The number of aliphatic hydroxyl groups is 1. The molecule has 0 saturated carbocycles. The SMILES string of the molecule is O=C1C[C@@H](c2nc3ccccc3n2C[C@H](O)COc2ccc(Cl)cc2)CN1c1ccc(Cl)cc1. The highest BCUT2D eigenvalue weighted by Gasteiger charge is 2.35. The molecule has 3 aromatic carbocycles. The summed E-state index contributed by atoms with van der Waals surface area (Å²) in [4.78, 5) is 19.5. The predicted molar refractivity (Wildman–Crippen MR) is 134 cm³/mol. The van der Waals surface area contributed by atoms with E-state index in [2.05, 4.69) is 0 Å². The van der Waals surface area contributed by atoms with E-state index in [9.17, 15) is 9.90 Å². The standard InChI is InChI=1S/C26H23Cl2N3O3/c27-18-5-9-20(10-6-18)30-14-17(13-25(30)33)26-29-23-3-1-2-4-24(23)31(26)15-21(32)16-34-22-11-7-19(28)8-12-22/h1-12,17,21,32H,13-16H2/t17-,21+/m1/s1. The minimum absolute atomic E-state index is 0.0394. The Labute approximate surface area is 207 Å². The first-order chi connectivity index (χ1) is 16.5. The molecule has 8 heteroatoms. The van der Waals surface area contributed by atoms with Crippen molar-refractivity contribution in [1.82, 2.24) is 9.55 Å². The Bertz CT molecular complexity index is 1310. The van der Waals surface area contributed by atoms with Crippen molar-refractivity contribution in [2.24, 2.45) is 0 Å². The highest BCUT2D eigenvalue weighted by Crippen LogP contribution is 2.33. The van der Waals surface area contributed by atoms with E-state index < -0.39 is 6.10 Å². The maximum atomic E-state index is 12.9. The number of rotatable bonds is 7. The van der Waals surface area contributed by atoms with Crippen molar-refractivity contribution >= 4 is 45.8 Å². The van der Waals surface area contributed by atoms with Gasteiger partial charge in [0.2, 0.25) is 5.91 Å². The first-order valence-electron chi connectivity index (χ1n) is 11.1. The minimum Gasteiger partial charge on any atom is -0.491 e. The molecule has 0 aliphatic carbocycles. The van der Waals surface area contributed by atoms with Crippen LogP contribution in [0.1, 0.15) is 18.2 Å². The largest absolute Gasteiger partial charge is 0.491 e. The quantitative estimate of drug-likeness (QED) is 0.377. The number of carbonyl (C=O) groups is 1. The molecule has 34 heavy (non-hydrogen) atoms. The van der Waals surface area contributed by atoms with E-state index >= 15 is 0 Å². The van der Waals surface area contributed by atoms with Gasteiger partial charge in [-0.15, -0.1) is 0 Å². The first-order valence-corrected chi connectivity index (χ1v) is 11.8. The Morgan fingerprint density at radius 3 is 2.41 bits per heavy atom. The van der Waals surface area contributed by atoms with Crippen LogP contribution in [0.2, 0.25) is 10.0 Å². The van der Waals surface area contributed by atoms with E-state index in [1.807, 2.05) is 41.0 Å². The van der Waals surface area contributed by atoms with Gasteiger partial charge in [-0.2, -0.15) is 0 Å². The average molecular weight is 496 g/mol. The number of imidazole rings is 1. The predicted octanol–water partition coefficient (Wildman–Crippen LogP) is 5.30.